The predicted octanol–water partition coefficient (Wildman–Crippen LogP) is 5.76. The first-order valence-corrected chi connectivity index (χ1v) is 12.6. The van der Waals surface area contributed by atoms with Gasteiger partial charge in [0.2, 0.25) is 0 Å². The van der Waals surface area contributed by atoms with Gasteiger partial charge < -0.3 is 18.6 Å². The maximum Gasteiger partial charge on any atom is 0.339 e. The highest BCUT2D eigenvalue weighted by Gasteiger charge is 2.68. The zero-order chi connectivity index (χ0) is 25.4. The van der Waals surface area contributed by atoms with Gasteiger partial charge in [-0.3, -0.25) is 4.79 Å². The van der Waals surface area contributed by atoms with Gasteiger partial charge in [0.15, 0.2) is 5.78 Å². The molecule has 0 aliphatic carbocycles. The van der Waals surface area contributed by atoms with Crippen molar-refractivity contribution in [1.29, 1.82) is 0 Å². The second kappa shape index (κ2) is 9.37. The van der Waals surface area contributed by atoms with Crippen LogP contribution in [-0.2, 0) is 9.47 Å². The van der Waals surface area contributed by atoms with E-state index in [2.05, 4.69) is 0 Å². The first kappa shape index (κ1) is 25.4. The normalized spacial score (nSPS) is 32.7. The third kappa shape index (κ3) is 4.73. The smallest absolute Gasteiger partial charge is 0.339 e. The van der Waals surface area contributed by atoms with E-state index in [0.717, 1.165) is 10.4 Å². The lowest BCUT2D eigenvalue weighted by Crippen LogP contribution is -2.60. The number of ketones is 1. The summed E-state index contributed by atoms with van der Waals surface area (Å²) in [5.74, 6) is 0.668. The number of carbonyl (C=O) groups excluding carboxylic acids is 1. The molecule has 2 aliphatic rings. The molecule has 6 nitrogen and oxygen atoms in total. The maximum atomic E-state index is 13.4. The summed E-state index contributed by atoms with van der Waals surface area (Å²) in [7, 11) is 1.52. The van der Waals surface area contributed by atoms with Gasteiger partial charge in [-0.15, -0.1) is 11.3 Å². The minimum atomic E-state index is -0.738. The lowest BCUT2D eigenvalue weighted by atomic mass is 9.67. The molecule has 5 atom stereocenters. The number of thiophene rings is 1. The SMILES string of the molecule is COc1cc(=O)oc(/C=C/C=C/C=C/[C@@]2(C)C[C@]3(C)O[C@H](C)[C@](C)(O2)[C@H]3C(=O)c2cccs2)c1C. The predicted molar refractivity (Wildman–Crippen MR) is 137 cm³/mol. The summed E-state index contributed by atoms with van der Waals surface area (Å²) < 4.78 is 23.5. The Kier molecular flexibility index (Phi) is 6.79. The molecule has 4 heterocycles. The number of Topliss-reactive ketones (excluding diaryl/α,β-unsaturated/α-hetero) is 1. The average Bonchev–Trinajstić information content (AvgIpc) is 3.35. The van der Waals surface area contributed by atoms with Gasteiger partial charge in [0.05, 0.1) is 41.3 Å². The molecule has 2 aliphatic heterocycles. The highest BCUT2D eigenvalue weighted by Crippen LogP contribution is 2.56. The Morgan fingerprint density at radius 3 is 2.60 bits per heavy atom. The molecule has 0 unspecified atom stereocenters. The van der Waals surface area contributed by atoms with E-state index in [0.29, 0.717) is 17.9 Å². The van der Waals surface area contributed by atoms with Gasteiger partial charge in [-0.05, 0) is 52.1 Å². The maximum absolute atomic E-state index is 13.4. The van der Waals surface area contributed by atoms with E-state index in [1.54, 1.807) is 12.2 Å². The number of hydrogen-bond acceptors (Lipinski definition) is 7. The topological polar surface area (TPSA) is 75.0 Å². The molecule has 35 heavy (non-hydrogen) atoms. The minimum absolute atomic E-state index is 0.0879. The Morgan fingerprint density at radius 2 is 1.94 bits per heavy atom. The van der Waals surface area contributed by atoms with Gasteiger partial charge in [0, 0.05) is 12.0 Å². The van der Waals surface area contributed by atoms with Crippen molar-refractivity contribution in [2.24, 2.45) is 5.92 Å². The number of ether oxygens (including phenoxy) is 3. The molecule has 0 spiro atoms. The van der Waals surface area contributed by atoms with Gasteiger partial charge in [0.25, 0.3) is 0 Å². The molecule has 0 amide bonds. The fourth-order valence-electron chi connectivity index (χ4n) is 5.59. The van der Waals surface area contributed by atoms with Crippen LogP contribution in [-0.4, -0.2) is 35.8 Å². The van der Waals surface area contributed by atoms with Crippen molar-refractivity contribution in [2.75, 3.05) is 7.11 Å². The van der Waals surface area contributed by atoms with Crippen molar-refractivity contribution in [3.63, 3.8) is 0 Å². The first-order valence-electron chi connectivity index (χ1n) is 11.7. The first-order chi connectivity index (χ1) is 16.5. The second-order valence-electron chi connectivity index (χ2n) is 9.85. The summed E-state index contributed by atoms with van der Waals surface area (Å²) in [4.78, 5) is 25.8. The van der Waals surface area contributed by atoms with Crippen molar-refractivity contribution < 1.29 is 23.4 Å². The molecule has 0 aromatic carbocycles. The Bertz CT molecular complexity index is 1240. The molecular weight excluding hydrogens is 464 g/mol. The number of hydrogen-bond donors (Lipinski definition) is 0. The molecule has 7 heteroatoms. The summed E-state index contributed by atoms with van der Waals surface area (Å²) in [6.07, 6.45) is 11.6. The molecule has 0 saturated carbocycles. The molecule has 2 aromatic rings. The number of allylic oxidation sites excluding steroid dienone is 4. The molecule has 2 saturated heterocycles. The second-order valence-corrected chi connectivity index (χ2v) is 10.8. The van der Waals surface area contributed by atoms with Crippen molar-refractivity contribution in [2.45, 2.75) is 63.9 Å². The Morgan fingerprint density at radius 1 is 1.20 bits per heavy atom. The zero-order valence-corrected chi connectivity index (χ0v) is 21.8. The van der Waals surface area contributed by atoms with Crippen LogP contribution in [0.4, 0.5) is 0 Å². The van der Waals surface area contributed by atoms with Crippen LogP contribution in [0.25, 0.3) is 6.08 Å². The summed E-state index contributed by atoms with van der Waals surface area (Å²) in [5, 5.41) is 1.92. The standard InChI is InChI=1S/C28H32O6S/c1-18-20(32-23(29)16-21(18)31-6)12-9-7-8-10-14-26(3)17-27(4)25(24(30)22-13-11-15-35-22)28(5,34-26)19(2)33-27/h7-16,19,25H,17H2,1-6H3/b8-7+,12-9+,14-10+/t19-,25+,26+,27+,28+/m1/s1. The number of rotatable bonds is 7. The quantitative estimate of drug-likeness (QED) is 0.358. The molecule has 0 radical (unpaired) electrons. The van der Waals surface area contributed by atoms with Crippen molar-refractivity contribution in [3.05, 3.63) is 80.6 Å². The summed E-state index contributed by atoms with van der Waals surface area (Å²) in [6, 6.07) is 5.09. The van der Waals surface area contributed by atoms with E-state index in [4.69, 9.17) is 18.6 Å². The van der Waals surface area contributed by atoms with Crippen LogP contribution in [0.2, 0.25) is 0 Å². The van der Waals surface area contributed by atoms with E-state index in [9.17, 15) is 9.59 Å². The molecule has 2 aromatic heterocycles. The number of carbonyl (C=O) groups is 1. The molecule has 2 bridgehead atoms. The van der Waals surface area contributed by atoms with E-state index < -0.39 is 22.4 Å². The summed E-state index contributed by atoms with van der Waals surface area (Å²) in [6.45, 7) is 9.88. The highest BCUT2D eigenvalue weighted by atomic mass is 32.1. The fraction of sp³-hybridized carbons (Fsp3) is 0.429. The molecule has 4 rings (SSSR count). The van der Waals surface area contributed by atoms with Crippen LogP contribution in [0.15, 0.2) is 63.2 Å². The monoisotopic (exact) mass is 496 g/mol. The Balaban J connectivity index is 1.49. The molecular formula is C28H32O6S. The minimum Gasteiger partial charge on any atom is -0.496 e. The third-order valence-electron chi connectivity index (χ3n) is 7.07. The average molecular weight is 497 g/mol. The summed E-state index contributed by atoms with van der Waals surface area (Å²) >= 11 is 1.46. The number of methoxy groups -OCH3 is 1. The largest absolute Gasteiger partial charge is 0.496 e. The van der Waals surface area contributed by atoms with E-state index in [1.165, 1.54) is 24.5 Å². The van der Waals surface area contributed by atoms with E-state index in [-0.39, 0.29) is 17.8 Å². The van der Waals surface area contributed by atoms with Crippen LogP contribution in [0.1, 0.15) is 55.1 Å². The molecule has 186 valence electrons. The Labute approximate surface area is 209 Å². The van der Waals surface area contributed by atoms with Crippen LogP contribution < -0.4 is 10.4 Å². The number of fused-ring (bicyclic) bond motifs is 2. The van der Waals surface area contributed by atoms with Gasteiger partial charge in [-0.1, -0.05) is 36.4 Å². The fourth-order valence-corrected chi connectivity index (χ4v) is 6.29. The van der Waals surface area contributed by atoms with Crippen molar-refractivity contribution in [3.8, 4) is 5.75 Å². The zero-order valence-electron chi connectivity index (χ0n) is 21.0. The third-order valence-corrected chi connectivity index (χ3v) is 7.95. The summed E-state index contributed by atoms with van der Waals surface area (Å²) in [5.41, 5.74) is -1.66. The van der Waals surface area contributed by atoms with Crippen LogP contribution >= 0.6 is 11.3 Å². The molecule has 2 fully saturated rings. The van der Waals surface area contributed by atoms with Crippen molar-refractivity contribution in [1.82, 2.24) is 0 Å². The lowest BCUT2D eigenvalue weighted by Gasteiger charge is -2.49. The lowest BCUT2D eigenvalue weighted by molar-refractivity contribution is -0.170. The van der Waals surface area contributed by atoms with Crippen LogP contribution in [0.5, 0.6) is 5.75 Å². The molecule has 0 N–H and O–H groups in total. The van der Waals surface area contributed by atoms with Gasteiger partial charge in [0.1, 0.15) is 17.1 Å². The van der Waals surface area contributed by atoms with E-state index >= 15 is 0 Å². The Hall–Kier alpha value is -2.74. The van der Waals surface area contributed by atoms with Crippen LogP contribution in [0, 0.1) is 12.8 Å². The van der Waals surface area contributed by atoms with Crippen LogP contribution in [0.3, 0.4) is 0 Å². The highest BCUT2D eigenvalue weighted by molar-refractivity contribution is 7.12. The van der Waals surface area contributed by atoms with Gasteiger partial charge >= 0.3 is 5.63 Å². The van der Waals surface area contributed by atoms with Gasteiger partial charge in [-0.25, -0.2) is 4.79 Å². The van der Waals surface area contributed by atoms with Crippen molar-refractivity contribution >= 4 is 23.2 Å². The van der Waals surface area contributed by atoms with Gasteiger partial charge in [-0.2, -0.15) is 0 Å². The van der Waals surface area contributed by atoms with E-state index in [1.807, 2.05) is 76.4 Å².